The SMILES string of the molecule is O=C(NCc1ccc(Cl)cc1)c1cn(-c2cccc(O)c2)c2ccc(CN3CCOCC3)cc2c1=O. The Morgan fingerprint density at radius 1 is 1.00 bits per heavy atom. The highest BCUT2D eigenvalue weighted by molar-refractivity contribution is 6.30. The van der Waals surface area contributed by atoms with Crippen LogP contribution in [0.2, 0.25) is 5.02 Å². The number of nitrogens with zero attached hydrogens (tertiary/aromatic N) is 2. The van der Waals surface area contributed by atoms with E-state index in [1.807, 2.05) is 36.4 Å². The van der Waals surface area contributed by atoms with Crippen molar-refractivity contribution in [3.63, 3.8) is 0 Å². The quantitative estimate of drug-likeness (QED) is 0.413. The first-order valence-corrected chi connectivity index (χ1v) is 12.2. The molecule has 5 rings (SSSR count). The minimum absolute atomic E-state index is 0.0309. The summed E-state index contributed by atoms with van der Waals surface area (Å²) < 4.78 is 7.21. The zero-order chi connectivity index (χ0) is 25.1. The number of nitrogens with one attached hydrogen (secondary N) is 1. The maximum Gasteiger partial charge on any atom is 0.257 e. The van der Waals surface area contributed by atoms with Gasteiger partial charge in [0.05, 0.1) is 18.7 Å². The second kappa shape index (κ2) is 10.5. The number of ether oxygens (including phenoxy) is 1. The number of hydrogen-bond donors (Lipinski definition) is 2. The Balaban J connectivity index is 1.54. The number of pyridine rings is 1. The van der Waals surface area contributed by atoms with Crippen molar-refractivity contribution in [3.8, 4) is 11.4 Å². The average molecular weight is 504 g/mol. The van der Waals surface area contributed by atoms with Gasteiger partial charge in [-0.2, -0.15) is 0 Å². The van der Waals surface area contributed by atoms with Crippen molar-refractivity contribution >= 4 is 28.4 Å². The number of halogens is 1. The van der Waals surface area contributed by atoms with E-state index in [0.29, 0.717) is 41.4 Å². The van der Waals surface area contributed by atoms with Gasteiger partial charge in [0.15, 0.2) is 0 Å². The topological polar surface area (TPSA) is 83.8 Å². The van der Waals surface area contributed by atoms with Crippen LogP contribution >= 0.6 is 11.6 Å². The van der Waals surface area contributed by atoms with E-state index in [1.165, 1.54) is 6.20 Å². The minimum Gasteiger partial charge on any atom is -0.508 e. The van der Waals surface area contributed by atoms with Gasteiger partial charge in [-0.3, -0.25) is 14.5 Å². The highest BCUT2D eigenvalue weighted by atomic mass is 35.5. The van der Waals surface area contributed by atoms with Crippen LogP contribution in [-0.2, 0) is 17.8 Å². The highest BCUT2D eigenvalue weighted by Crippen LogP contribution is 2.23. The normalized spacial score (nSPS) is 14.1. The third kappa shape index (κ3) is 5.28. The van der Waals surface area contributed by atoms with Crippen LogP contribution in [0, 0.1) is 0 Å². The molecule has 0 saturated carbocycles. The average Bonchev–Trinajstić information content (AvgIpc) is 2.89. The summed E-state index contributed by atoms with van der Waals surface area (Å²) >= 11 is 5.95. The van der Waals surface area contributed by atoms with Crippen LogP contribution in [0.1, 0.15) is 21.5 Å². The maximum atomic E-state index is 13.5. The van der Waals surface area contributed by atoms with Crippen molar-refractivity contribution in [1.29, 1.82) is 0 Å². The maximum absolute atomic E-state index is 13.5. The molecular weight excluding hydrogens is 478 g/mol. The van der Waals surface area contributed by atoms with Crippen LogP contribution in [0.25, 0.3) is 16.6 Å². The van der Waals surface area contributed by atoms with Gasteiger partial charge in [0.2, 0.25) is 5.43 Å². The zero-order valence-corrected chi connectivity index (χ0v) is 20.4. The molecule has 1 amide bonds. The number of hydrogen-bond acceptors (Lipinski definition) is 5. The number of morpholine rings is 1. The fourth-order valence-corrected chi connectivity index (χ4v) is 4.52. The summed E-state index contributed by atoms with van der Waals surface area (Å²) in [5, 5.41) is 14.0. The van der Waals surface area contributed by atoms with Gasteiger partial charge >= 0.3 is 0 Å². The second-order valence-electron chi connectivity index (χ2n) is 8.81. The summed E-state index contributed by atoms with van der Waals surface area (Å²) in [6, 6.07) is 19.6. The number of phenolic OH excluding ortho intramolecular Hbond substituents is 1. The van der Waals surface area contributed by atoms with E-state index < -0.39 is 5.91 Å². The van der Waals surface area contributed by atoms with Crippen LogP contribution in [-0.4, -0.2) is 46.8 Å². The van der Waals surface area contributed by atoms with E-state index in [1.54, 1.807) is 34.9 Å². The molecule has 2 heterocycles. The molecule has 1 aromatic heterocycles. The molecule has 0 aliphatic carbocycles. The van der Waals surface area contributed by atoms with E-state index in [2.05, 4.69) is 10.2 Å². The summed E-state index contributed by atoms with van der Waals surface area (Å²) in [6.45, 7) is 4.00. The van der Waals surface area contributed by atoms with Gasteiger partial charge in [0, 0.05) is 54.5 Å². The lowest BCUT2D eigenvalue weighted by Gasteiger charge is -2.26. The van der Waals surface area contributed by atoms with E-state index >= 15 is 0 Å². The first kappa shape index (κ1) is 24.1. The van der Waals surface area contributed by atoms with Crippen molar-refractivity contribution in [2.45, 2.75) is 13.1 Å². The number of amides is 1. The molecule has 184 valence electrons. The first-order valence-electron chi connectivity index (χ1n) is 11.8. The molecule has 1 aliphatic heterocycles. The Morgan fingerprint density at radius 3 is 2.50 bits per heavy atom. The number of rotatable bonds is 6. The van der Waals surface area contributed by atoms with Gasteiger partial charge in [-0.15, -0.1) is 0 Å². The van der Waals surface area contributed by atoms with E-state index in [4.69, 9.17) is 16.3 Å². The highest BCUT2D eigenvalue weighted by Gasteiger charge is 2.18. The Morgan fingerprint density at radius 2 is 1.75 bits per heavy atom. The summed E-state index contributed by atoms with van der Waals surface area (Å²) in [4.78, 5) is 29.0. The van der Waals surface area contributed by atoms with Crippen LogP contribution in [0.15, 0.2) is 77.7 Å². The van der Waals surface area contributed by atoms with Gasteiger partial charge in [-0.1, -0.05) is 35.9 Å². The van der Waals surface area contributed by atoms with Crippen molar-refractivity contribution in [3.05, 3.63) is 105 Å². The molecule has 8 heteroatoms. The third-order valence-electron chi connectivity index (χ3n) is 6.30. The smallest absolute Gasteiger partial charge is 0.257 e. The molecule has 0 bridgehead atoms. The van der Waals surface area contributed by atoms with Crippen molar-refractivity contribution in [1.82, 2.24) is 14.8 Å². The molecule has 0 atom stereocenters. The van der Waals surface area contributed by atoms with Crippen LogP contribution < -0.4 is 10.7 Å². The minimum atomic E-state index is -0.468. The number of benzene rings is 3. The first-order chi connectivity index (χ1) is 17.5. The van der Waals surface area contributed by atoms with E-state index in [0.717, 1.165) is 24.2 Å². The summed E-state index contributed by atoms with van der Waals surface area (Å²) in [7, 11) is 0. The number of fused-ring (bicyclic) bond motifs is 1. The lowest BCUT2D eigenvalue weighted by molar-refractivity contribution is 0.0342. The van der Waals surface area contributed by atoms with Gasteiger partial charge in [-0.25, -0.2) is 0 Å². The molecule has 3 aromatic carbocycles. The number of carbonyl (C=O) groups excluding carboxylic acids is 1. The molecule has 2 N–H and O–H groups in total. The zero-order valence-electron chi connectivity index (χ0n) is 19.6. The van der Waals surface area contributed by atoms with Crippen LogP contribution in [0.5, 0.6) is 5.75 Å². The van der Waals surface area contributed by atoms with Crippen LogP contribution in [0.4, 0.5) is 0 Å². The van der Waals surface area contributed by atoms with Gasteiger partial charge in [-0.05, 0) is 47.5 Å². The van der Waals surface area contributed by atoms with E-state index in [9.17, 15) is 14.7 Å². The molecule has 36 heavy (non-hydrogen) atoms. The number of phenols is 1. The fourth-order valence-electron chi connectivity index (χ4n) is 4.39. The monoisotopic (exact) mass is 503 g/mol. The van der Waals surface area contributed by atoms with Crippen molar-refractivity contribution in [2.24, 2.45) is 0 Å². The molecule has 1 saturated heterocycles. The Kier molecular flexibility index (Phi) is 7.04. The Hall–Kier alpha value is -3.65. The summed E-state index contributed by atoms with van der Waals surface area (Å²) in [5.41, 5.74) is 2.86. The third-order valence-corrected chi connectivity index (χ3v) is 6.55. The fraction of sp³-hybridized carbons (Fsp3) is 0.214. The molecule has 7 nitrogen and oxygen atoms in total. The van der Waals surface area contributed by atoms with Gasteiger partial charge in [0.1, 0.15) is 11.3 Å². The van der Waals surface area contributed by atoms with Crippen molar-refractivity contribution < 1.29 is 14.6 Å². The van der Waals surface area contributed by atoms with E-state index in [-0.39, 0.29) is 23.3 Å². The molecule has 0 radical (unpaired) electrons. The standard InChI is InChI=1S/C28H26ClN3O4/c29-21-7-4-19(5-8-21)16-30-28(35)25-18-32(22-2-1-3-23(33)15-22)26-9-6-20(14-24(26)27(25)34)17-31-10-12-36-13-11-31/h1-9,14-15,18,33H,10-13,16-17H2,(H,30,35). The molecule has 4 aromatic rings. The van der Waals surface area contributed by atoms with Gasteiger partial charge < -0.3 is 19.7 Å². The number of aromatic hydroxyl groups is 1. The largest absolute Gasteiger partial charge is 0.508 e. The van der Waals surface area contributed by atoms with Crippen LogP contribution in [0.3, 0.4) is 0 Å². The molecular formula is C28H26ClN3O4. The summed E-state index contributed by atoms with van der Waals surface area (Å²) in [5.74, 6) is -0.374. The Labute approximate surface area is 213 Å². The lowest BCUT2D eigenvalue weighted by atomic mass is 10.1. The van der Waals surface area contributed by atoms with Crippen molar-refractivity contribution in [2.75, 3.05) is 26.3 Å². The Bertz CT molecular complexity index is 1460. The molecule has 0 unspecified atom stereocenters. The predicted molar refractivity (Wildman–Crippen MR) is 140 cm³/mol. The predicted octanol–water partition coefficient (Wildman–Crippen LogP) is 4.11. The summed E-state index contributed by atoms with van der Waals surface area (Å²) in [6.07, 6.45) is 1.54. The molecule has 0 spiro atoms. The molecule has 1 fully saturated rings. The molecule has 1 aliphatic rings. The lowest BCUT2D eigenvalue weighted by Crippen LogP contribution is -2.35. The number of carbonyl (C=O) groups is 1. The number of aromatic nitrogens is 1. The van der Waals surface area contributed by atoms with Gasteiger partial charge in [0.25, 0.3) is 5.91 Å². The second-order valence-corrected chi connectivity index (χ2v) is 9.25.